The second-order valence-corrected chi connectivity index (χ2v) is 6.14. The zero-order chi connectivity index (χ0) is 14.3. The third-order valence-corrected chi connectivity index (χ3v) is 4.86. The largest absolute Gasteiger partial charge is 0.550 e. The van der Waals surface area contributed by atoms with Gasteiger partial charge in [-0.25, -0.2) is 0 Å². The molecule has 2 aliphatic rings. The Bertz CT molecular complexity index is 599. The molecule has 1 aromatic rings. The molecule has 0 unspecified atom stereocenters. The summed E-state index contributed by atoms with van der Waals surface area (Å²) in [6, 6.07) is 7.27. The number of aliphatic carboxylic acids is 1. The number of carboxylic acid groups (broad SMARTS) is 1. The van der Waals surface area contributed by atoms with Gasteiger partial charge in [0.15, 0.2) is 0 Å². The predicted molar refractivity (Wildman–Crippen MR) is 75.5 cm³/mol. The van der Waals surface area contributed by atoms with Gasteiger partial charge >= 0.3 is 0 Å². The molecular weight excluding hydrogens is 322 g/mol. The summed E-state index contributed by atoms with van der Waals surface area (Å²) in [5.41, 5.74) is 0.654. The first-order chi connectivity index (χ1) is 9.58. The van der Waals surface area contributed by atoms with Gasteiger partial charge in [0.25, 0.3) is 0 Å². The molecule has 1 N–H and O–H groups in total. The van der Waals surface area contributed by atoms with E-state index in [1.807, 2.05) is 30.4 Å². The van der Waals surface area contributed by atoms with Gasteiger partial charge in [-0.1, -0.05) is 24.3 Å². The third-order valence-electron chi connectivity index (χ3n) is 4.17. The minimum Gasteiger partial charge on any atom is -0.550 e. The first kappa shape index (κ1) is 13.4. The van der Waals surface area contributed by atoms with E-state index in [4.69, 9.17) is 0 Å². The molecule has 1 amide bonds. The van der Waals surface area contributed by atoms with Crippen molar-refractivity contribution in [3.63, 3.8) is 0 Å². The fourth-order valence-corrected chi connectivity index (χ4v) is 3.66. The van der Waals surface area contributed by atoms with Gasteiger partial charge in [0.1, 0.15) is 0 Å². The Labute approximate surface area is 125 Å². The lowest BCUT2D eigenvalue weighted by Crippen LogP contribution is -2.42. The van der Waals surface area contributed by atoms with Gasteiger partial charge in [-0.2, -0.15) is 0 Å². The Morgan fingerprint density at radius 3 is 2.45 bits per heavy atom. The number of amides is 1. The smallest absolute Gasteiger partial charge is 0.228 e. The number of carboxylic acids is 1. The fraction of sp³-hybridized carbons (Fsp3) is 0.333. The van der Waals surface area contributed by atoms with E-state index in [2.05, 4.69) is 21.2 Å². The van der Waals surface area contributed by atoms with Crippen LogP contribution in [0.5, 0.6) is 0 Å². The van der Waals surface area contributed by atoms with Crippen molar-refractivity contribution in [3.8, 4) is 0 Å². The van der Waals surface area contributed by atoms with Crippen molar-refractivity contribution in [2.75, 3.05) is 5.32 Å². The van der Waals surface area contributed by atoms with E-state index < -0.39 is 17.8 Å². The molecule has 3 rings (SSSR count). The van der Waals surface area contributed by atoms with Crippen LogP contribution < -0.4 is 10.4 Å². The lowest BCUT2D eigenvalue weighted by Gasteiger charge is -2.27. The zero-order valence-corrected chi connectivity index (χ0v) is 12.2. The summed E-state index contributed by atoms with van der Waals surface area (Å²) in [4.78, 5) is 23.7. The number of hydrogen-bond donors (Lipinski definition) is 1. The highest BCUT2D eigenvalue weighted by Gasteiger charge is 2.48. The maximum atomic E-state index is 12.4. The molecule has 2 bridgehead atoms. The number of carbonyl (C=O) groups is 2. The van der Waals surface area contributed by atoms with Crippen LogP contribution in [-0.2, 0) is 9.59 Å². The van der Waals surface area contributed by atoms with Crippen molar-refractivity contribution >= 4 is 33.5 Å². The second-order valence-electron chi connectivity index (χ2n) is 5.29. The minimum absolute atomic E-state index is 0.00499. The summed E-state index contributed by atoms with van der Waals surface area (Å²) in [6.45, 7) is 0. The van der Waals surface area contributed by atoms with E-state index in [1.165, 1.54) is 0 Å². The molecule has 0 saturated heterocycles. The molecule has 20 heavy (non-hydrogen) atoms. The highest BCUT2D eigenvalue weighted by Crippen LogP contribution is 2.48. The van der Waals surface area contributed by atoms with Crippen molar-refractivity contribution in [3.05, 3.63) is 40.9 Å². The van der Waals surface area contributed by atoms with Crippen LogP contribution in [0.25, 0.3) is 0 Å². The van der Waals surface area contributed by atoms with Crippen LogP contribution in [-0.4, -0.2) is 11.9 Å². The van der Waals surface area contributed by atoms with Crippen molar-refractivity contribution in [1.29, 1.82) is 0 Å². The summed E-state index contributed by atoms with van der Waals surface area (Å²) in [7, 11) is 0. The van der Waals surface area contributed by atoms with Crippen molar-refractivity contribution < 1.29 is 14.7 Å². The molecular formula is C15H13BrNO3-. The maximum absolute atomic E-state index is 12.4. The summed E-state index contributed by atoms with van der Waals surface area (Å²) >= 11 is 3.36. The number of nitrogens with one attached hydrogen (secondary N) is 1. The number of benzene rings is 1. The van der Waals surface area contributed by atoms with Gasteiger partial charge in [0, 0.05) is 16.4 Å². The van der Waals surface area contributed by atoms with Crippen LogP contribution in [0.15, 0.2) is 40.9 Å². The average Bonchev–Trinajstić information content (AvgIpc) is 3.01. The number of fused-ring (bicyclic) bond motifs is 2. The molecule has 2 aliphatic carbocycles. The fourth-order valence-electron chi connectivity index (χ4n) is 3.28. The van der Waals surface area contributed by atoms with Crippen molar-refractivity contribution in [1.82, 2.24) is 0 Å². The Morgan fingerprint density at radius 2 is 1.80 bits per heavy atom. The molecule has 1 fully saturated rings. The first-order valence-electron chi connectivity index (χ1n) is 6.52. The molecule has 4 atom stereocenters. The SMILES string of the molecule is O=C(Nc1ccccc1Br)[C@H]1[C@H](C(=O)[O-])[C@H]2C=C[C@@H]1C2. The van der Waals surface area contributed by atoms with Crippen LogP contribution in [0, 0.1) is 23.7 Å². The zero-order valence-electron chi connectivity index (χ0n) is 10.6. The quantitative estimate of drug-likeness (QED) is 0.853. The van der Waals surface area contributed by atoms with Crippen LogP contribution >= 0.6 is 15.9 Å². The Kier molecular flexibility index (Phi) is 3.38. The molecule has 0 radical (unpaired) electrons. The van der Waals surface area contributed by atoms with Crippen molar-refractivity contribution in [2.24, 2.45) is 23.7 Å². The number of allylic oxidation sites excluding steroid dienone is 2. The van der Waals surface area contributed by atoms with Gasteiger partial charge in [0.2, 0.25) is 5.91 Å². The predicted octanol–water partition coefficient (Wildman–Crippen LogP) is 1.58. The van der Waals surface area contributed by atoms with Crippen molar-refractivity contribution in [2.45, 2.75) is 6.42 Å². The molecule has 0 aliphatic heterocycles. The van der Waals surface area contributed by atoms with E-state index in [0.717, 1.165) is 10.9 Å². The number of carbonyl (C=O) groups excluding carboxylic acids is 2. The van der Waals surface area contributed by atoms with Gasteiger partial charge < -0.3 is 15.2 Å². The number of hydrogen-bond acceptors (Lipinski definition) is 3. The van der Waals surface area contributed by atoms with Crippen LogP contribution in [0.4, 0.5) is 5.69 Å². The summed E-state index contributed by atoms with van der Waals surface area (Å²) in [5.74, 6) is -2.70. The summed E-state index contributed by atoms with van der Waals surface area (Å²) < 4.78 is 0.775. The number of para-hydroxylation sites is 1. The van der Waals surface area contributed by atoms with Crippen LogP contribution in [0.3, 0.4) is 0 Å². The molecule has 0 spiro atoms. The van der Waals surface area contributed by atoms with Gasteiger partial charge in [-0.15, -0.1) is 0 Å². The maximum Gasteiger partial charge on any atom is 0.228 e. The van der Waals surface area contributed by atoms with E-state index in [9.17, 15) is 14.7 Å². The molecule has 1 aromatic carbocycles. The van der Waals surface area contributed by atoms with E-state index in [0.29, 0.717) is 5.69 Å². The van der Waals surface area contributed by atoms with E-state index >= 15 is 0 Å². The highest BCUT2D eigenvalue weighted by molar-refractivity contribution is 9.10. The normalized spacial score (nSPS) is 30.4. The molecule has 0 heterocycles. The standard InChI is InChI=1S/C15H14BrNO3/c16-10-3-1-2-4-11(10)17-14(18)12-8-5-6-9(7-8)13(12)15(19)20/h1-6,8-9,12-13H,7H2,(H,17,18)(H,19,20)/p-1/t8-,9+,12-,13-/m1/s1. The molecule has 104 valence electrons. The highest BCUT2D eigenvalue weighted by atomic mass is 79.9. The molecule has 1 saturated carbocycles. The monoisotopic (exact) mass is 334 g/mol. The number of halogens is 1. The van der Waals surface area contributed by atoms with Gasteiger partial charge in [0.05, 0.1) is 11.6 Å². The third kappa shape index (κ3) is 2.16. The van der Waals surface area contributed by atoms with E-state index in [1.54, 1.807) is 6.07 Å². The Hall–Kier alpha value is -1.62. The molecule has 4 nitrogen and oxygen atoms in total. The van der Waals surface area contributed by atoms with E-state index in [-0.39, 0.29) is 17.7 Å². The Balaban J connectivity index is 1.82. The lowest BCUT2D eigenvalue weighted by atomic mass is 9.82. The first-order valence-corrected chi connectivity index (χ1v) is 7.32. The number of anilines is 1. The summed E-state index contributed by atoms with van der Waals surface area (Å²) in [6.07, 6.45) is 4.58. The molecule has 5 heteroatoms. The summed E-state index contributed by atoms with van der Waals surface area (Å²) in [5, 5.41) is 14.1. The Morgan fingerprint density at radius 1 is 1.15 bits per heavy atom. The van der Waals surface area contributed by atoms with Gasteiger partial charge in [-0.05, 0) is 46.3 Å². The molecule has 0 aromatic heterocycles. The lowest BCUT2D eigenvalue weighted by molar-refractivity contribution is -0.313. The number of rotatable bonds is 3. The topological polar surface area (TPSA) is 69.2 Å². The van der Waals surface area contributed by atoms with Gasteiger partial charge in [-0.3, -0.25) is 4.79 Å². The van der Waals surface area contributed by atoms with Crippen LogP contribution in [0.1, 0.15) is 6.42 Å². The minimum atomic E-state index is -1.13. The second kappa shape index (κ2) is 5.05. The van der Waals surface area contributed by atoms with Crippen LogP contribution in [0.2, 0.25) is 0 Å². The average molecular weight is 335 g/mol.